The van der Waals surface area contributed by atoms with Crippen LogP contribution < -0.4 is 0 Å². The fraction of sp³-hybridized carbons (Fsp3) is 0.261. The maximum absolute atomic E-state index is 12.9. The largest absolute Gasteiger partial charge is 0.338 e. The summed E-state index contributed by atoms with van der Waals surface area (Å²) in [5, 5.41) is 0. The molecule has 3 aromatic rings. The number of carbonyl (C=O) groups excluding carboxylic acids is 1. The molecule has 1 aromatic heterocycles. The van der Waals surface area contributed by atoms with Crippen LogP contribution in [-0.2, 0) is 17.6 Å². The fourth-order valence-electron chi connectivity index (χ4n) is 3.90. The number of fused-ring (bicyclic) bond motifs is 1. The van der Waals surface area contributed by atoms with Crippen LogP contribution in [0, 0.1) is 0 Å². The van der Waals surface area contributed by atoms with Gasteiger partial charge in [0.1, 0.15) is 0 Å². The number of hydrogen-bond donors (Lipinski definition) is 0. The number of aromatic nitrogens is 1. The van der Waals surface area contributed by atoms with Crippen LogP contribution in [-0.4, -0.2) is 22.4 Å². The van der Waals surface area contributed by atoms with Crippen molar-refractivity contribution in [1.82, 2.24) is 9.47 Å². The molecule has 1 atom stereocenters. The highest BCUT2D eigenvalue weighted by molar-refractivity contribution is 5.79. The number of likely N-dealkylation sites (N-methyl/N-ethyl adjacent to an activating group) is 1. The van der Waals surface area contributed by atoms with E-state index in [1.165, 1.54) is 11.1 Å². The van der Waals surface area contributed by atoms with Crippen LogP contribution in [0.4, 0.5) is 0 Å². The first-order valence-corrected chi connectivity index (χ1v) is 9.28. The smallest absolute Gasteiger partial charge is 0.227 e. The highest BCUT2D eigenvalue weighted by Gasteiger charge is 2.26. The first-order chi connectivity index (χ1) is 12.7. The Morgan fingerprint density at radius 1 is 1.04 bits per heavy atom. The van der Waals surface area contributed by atoms with E-state index in [2.05, 4.69) is 53.1 Å². The summed E-state index contributed by atoms with van der Waals surface area (Å²) in [7, 11) is 1.95. The first-order valence-electron chi connectivity index (χ1n) is 9.28. The molecule has 0 N–H and O–H groups in total. The molecule has 3 heteroatoms. The van der Waals surface area contributed by atoms with Gasteiger partial charge in [0.15, 0.2) is 0 Å². The molecule has 0 saturated heterocycles. The van der Waals surface area contributed by atoms with E-state index in [4.69, 9.17) is 0 Å². The molecule has 0 saturated carbocycles. The van der Waals surface area contributed by atoms with Crippen molar-refractivity contribution in [2.24, 2.45) is 0 Å². The predicted molar refractivity (Wildman–Crippen MR) is 104 cm³/mol. The second kappa shape index (κ2) is 7.20. The van der Waals surface area contributed by atoms with Gasteiger partial charge in [-0.05, 0) is 60.2 Å². The van der Waals surface area contributed by atoms with Crippen LogP contribution in [0.2, 0.25) is 0 Å². The minimum absolute atomic E-state index is 0.181. The highest BCUT2D eigenvalue weighted by atomic mass is 16.2. The Hall–Kier alpha value is -2.81. The molecule has 0 aliphatic heterocycles. The Morgan fingerprint density at radius 3 is 2.54 bits per heavy atom. The zero-order valence-corrected chi connectivity index (χ0v) is 15.1. The SMILES string of the molecule is CN(C(=O)Cc1ccc(-n2cccc2)cc1)[C@H]1CCCc2ccccc21. The Kier molecular flexibility index (Phi) is 4.61. The lowest BCUT2D eigenvalue weighted by molar-refractivity contribution is -0.131. The lowest BCUT2D eigenvalue weighted by Gasteiger charge is -2.33. The molecule has 1 aliphatic carbocycles. The van der Waals surface area contributed by atoms with E-state index < -0.39 is 0 Å². The summed E-state index contributed by atoms with van der Waals surface area (Å²) >= 11 is 0. The van der Waals surface area contributed by atoms with Crippen molar-refractivity contribution in [3.05, 3.63) is 89.7 Å². The number of aryl methyl sites for hydroxylation is 1. The Bertz CT molecular complexity index is 881. The van der Waals surface area contributed by atoms with Gasteiger partial charge >= 0.3 is 0 Å². The molecule has 0 unspecified atom stereocenters. The van der Waals surface area contributed by atoms with Gasteiger partial charge in [0.05, 0.1) is 12.5 Å². The highest BCUT2D eigenvalue weighted by Crippen LogP contribution is 2.33. The van der Waals surface area contributed by atoms with Crippen molar-refractivity contribution >= 4 is 5.91 Å². The van der Waals surface area contributed by atoms with Crippen LogP contribution in [0.1, 0.15) is 35.6 Å². The molecule has 26 heavy (non-hydrogen) atoms. The Morgan fingerprint density at radius 2 is 1.77 bits per heavy atom. The average Bonchev–Trinajstić information content (AvgIpc) is 3.22. The number of hydrogen-bond acceptors (Lipinski definition) is 1. The summed E-state index contributed by atoms with van der Waals surface area (Å²) in [6.07, 6.45) is 7.80. The molecule has 0 fully saturated rings. The summed E-state index contributed by atoms with van der Waals surface area (Å²) in [4.78, 5) is 14.8. The maximum Gasteiger partial charge on any atom is 0.227 e. The van der Waals surface area contributed by atoms with Gasteiger partial charge in [-0.25, -0.2) is 0 Å². The molecule has 1 aliphatic rings. The van der Waals surface area contributed by atoms with Gasteiger partial charge in [-0.1, -0.05) is 36.4 Å². The summed E-state index contributed by atoms with van der Waals surface area (Å²) in [5.41, 5.74) is 4.87. The van der Waals surface area contributed by atoms with E-state index in [0.717, 1.165) is 30.5 Å². The molecule has 0 radical (unpaired) electrons. The lowest BCUT2D eigenvalue weighted by atomic mass is 9.87. The summed E-state index contributed by atoms with van der Waals surface area (Å²) in [6, 6.07) is 21.0. The van der Waals surface area contributed by atoms with Gasteiger partial charge in [-0.2, -0.15) is 0 Å². The second-order valence-electron chi connectivity index (χ2n) is 7.05. The fourth-order valence-corrected chi connectivity index (χ4v) is 3.90. The number of nitrogens with zero attached hydrogens (tertiary/aromatic N) is 2. The summed E-state index contributed by atoms with van der Waals surface area (Å²) in [6.45, 7) is 0. The normalized spacial score (nSPS) is 16.1. The average molecular weight is 344 g/mol. The number of amides is 1. The molecule has 1 amide bonds. The molecular weight excluding hydrogens is 320 g/mol. The van der Waals surface area contributed by atoms with E-state index >= 15 is 0 Å². The van der Waals surface area contributed by atoms with Crippen molar-refractivity contribution in [1.29, 1.82) is 0 Å². The van der Waals surface area contributed by atoms with Crippen LogP contribution in [0.3, 0.4) is 0 Å². The molecular formula is C23H24N2O. The van der Waals surface area contributed by atoms with Gasteiger partial charge in [0, 0.05) is 25.1 Å². The van der Waals surface area contributed by atoms with E-state index in [0.29, 0.717) is 6.42 Å². The third kappa shape index (κ3) is 3.30. The van der Waals surface area contributed by atoms with E-state index in [1.807, 2.05) is 36.5 Å². The quantitative estimate of drug-likeness (QED) is 0.681. The van der Waals surface area contributed by atoms with Crippen molar-refractivity contribution in [3.8, 4) is 5.69 Å². The third-order valence-corrected chi connectivity index (χ3v) is 5.39. The molecule has 0 spiro atoms. The van der Waals surface area contributed by atoms with Crippen LogP contribution in [0.25, 0.3) is 5.69 Å². The predicted octanol–water partition coefficient (Wildman–Crippen LogP) is 4.56. The van der Waals surface area contributed by atoms with Crippen molar-refractivity contribution in [2.75, 3.05) is 7.05 Å². The van der Waals surface area contributed by atoms with E-state index in [1.54, 1.807) is 0 Å². The van der Waals surface area contributed by atoms with E-state index in [-0.39, 0.29) is 11.9 Å². The van der Waals surface area contributed by atoms with Gasteiger partial charge in [-0.15, -0.1) is 0 Å². The minimum atomic E-state index is 0.181. The summed E-state index contributed by atoms with van der Waals surface area (Å²) in [5.74, 6) is 0.181. The molecule has 2 aromatic carbocycles. The molecule has 1 heterocycles. The second-order valence-corrected chi connectivity index (χ2v) is 7.05. The van der Waals surface area contributed by atoms with E-state index in [9.17, 15) is 4.79 Å². The first kappa shape index (κ1) is 16.6. The van der Waals surface area contributed by atoms with Crippen LogP contribution in [0.15, 0.2) is 73.1 Å². The Labute approximate surface area is 154 Å². The molecule has 0 bridgehead atoms. The zero-order chi connectivity index (χ0) is 17.9. The van der Waals surface area contributed by atoms with Gasteiger partial charge < -0.3 is 9.47 Å². The lowest BCUT2D eigenvalue weighted by Crippen LogP contribution is -2.34. The molecule has 3 nitrogen and oxygen atoms in total. The molecule has 4 rings (SSSR count). The Balaban J connectivity index is 1.47. The minimum Gasteiger partial charge on any atom is -0.338 e. The van der Waals surface area contributed by atoms with Gasteiger partial charge in [-0.3, -0.25) is 4.79 Å². The van der Waals surface area contributed by atoms with Gasteiger partial charge in [0.25, 0.3) is 0 Å². The number of rotatable bonds is 4. The number of carbonyl (C=O) groups is 1. The summed E-state index contributed by atoms with van der Waals surface area (Å²) < 4.78 is 2.07. The zero-order valence-electron chi connectivity index (χ0n) is 15.1. The topological polar surface area (TPSA) is 25.2 Å². The monoisotopic (exact) mass is 344 g/mol. The van der Waals surface area contributed by atoms with Gasteiger partial charge in [0.2, 0.25) is 5.91 Å². The van der Waals surface area contributed by atoms with Crippen LogP contribution in [0.5, 0.6) is 0 Å². The maximum atomic E-state index is 12.9. The van der Waals surface area contributed by atoms with Crippen molar-refractivity contribution in [2.45, 2.75) is 31.7 Å². The molecule has 132 valence electrons. The van der Waals surface area contributed by atoms with Crippen molar-refractivity contribution in [3.63, 3.8) is 0 Å². The third-order valence-electron chi connectivity index (χ3n) is 5.39. The van der Waals surface area contributed by atoms with Crippen LogP contribution >= 0.6 is 0 Å². The standard InChI is InChI=1S/C23H24N2O/c1-24(22-10-6-8-19-7-2-3-9-21(19)22)23(26)17-18-11-13-20(14-12-18)25-15-4-5-16-25/h2-5,7,9,11-16,22H,6,8,10,17H2,1H3/t22-/m0/s1. The van der Waals surface area contributed by atoms with Crippen molar-refractivity contribution < 1.29 is 4.79 Å². The number of benzene rings is 2.